The topological polar surface area (TPSA) is 59.8 Å². The van der Waals surface area contributed by atoms with Crippen molar-refractivity contribution in [1.29, 1.82) is 0 Å². The monoisotopic (exact) mass is 327 g/mol. The van der Waals surface area contributed by atoms with Crippen molar-refractivity contribution in [2.24, 2.45) is 0 Å². The van der Waals surface area contributed by atoms with E-state index in [1.54, 1.807) is 24.3 Å². The summed E-state index contributed by atoms with van der Waals surface area (Å²) in [6.45, 7) is 3.11. The molecule has 0 saturated heterocycles. The molecule has 1 unspecified atom stereocenters. The van der Waals surface area contributed by atoms with Gasteiger partial charge in [-0.25, -0.2) is 4.79 Å². The molecule has 1 amide bonds. The molecular formula is C19H23N2O3+. The van der Waals surface area contributed by atoms with Gasteiger partial charge in [0, 0.05) is 5.56 Å². The van der Waals surface area contributed by atoms with Gasteiger partial charge in [-0.2, -0.15) is 0 Å². The standard InChI is InChI=1S/C19H22N2O3/c1-14-8-10-15(11-9-14)12-21(2)13-18(22)20-17-7-5-4-6-16(17)19(23)24-3/h4-11H,12-13H2,1-3H3,(H,20,22)/p+1. The molecule has 0 aliphatic rings. The number of carbonyl (C=O) groups is 2. The van der Waals surface area contributed by atoms with Crippen molar-refractivity contribution in [3.05, 3.63) is 65.2 Å². The molecule has 2 N–H and O–H groups in total. The Morgan fingerprint density at radius 2 is 1.75 bits per heavy atom. The van der Waals surface area contributed by atoms with Gasteiger partial charge >= 0.3 is 5.97 Å². The number of hydrogen-bond acceptors (Lipinski definition) is 3. The number of likely N-dealkylation sites (N-methyl/N-ethyl adjacent to an activating group) is 1. The van der Waals surface area contributed by atoms with Crippen molar-refractivity contribution < 1.29 is 19.2 Å². The molecule has 126 valence electrons. The molecule has 0 bridgehead atoms. The number of carbonyl (C=O) groups excluding carboxylic acids is 2. The summed E-state index contributed by atoms with van der Waals surface area (Å²) in [6, 6.07) is 15.1. The molecule has 0 heterocycles. The minimum Gasteiger partial charge on any atom is -0.465 e. The average Bonchev–Trinajstić information content (AvgIpc) is 2.56. The predicted octanol–water partition coefficient (Wildman–Crippen LogP) is 1.44. The number of rotatable bonds is 6. The quantitative estimate of drug-likeness (QED) is 0.789. The van der Waals surface area contributed by atoms with Crippen molar-refractivity contribution in [1.82, 2.24) is 0 Å². The number of nitrogens with one attached hydrogen (secondary N) is 2. The lowest BCUT2D eigenvalue weighted by Gasteiger charge is -2.15. The summed E-state index contributed by atoms with van der Waals surface area (Å²) in [7, 11) is 3.28. The lowest BCUT2D eigenvalue weighted by atomic mass is 10.1. The Bertz CT molecular complexity index is 711. The third-order valence-corrected chi connectivity index (χ3v) is 3.70. The van der Waals surface area contributed by atoms with Crippen molar-refractivity contribution in [2.45, 2.75) is 13.5 Å². The third kappa shape index (κ3) is 4.93. The molecule has 5 heteroatoms. The normalized spacial score (nSPS) is 11.6. The maximum atomic E-state index is 12.2. The van der Waals surface area contributed by atoms with Gasteiger partial charge in [-0.3, -0.25) is 4.79 Å². The van der Waals surface area contributed by atoms with Crippen LogP contribution in [0.5, 0.6) is 0 Å². The van der Waals surface area contributed by atoms with Crippen molar-refractivity contribution in [2.75, 3.05) is 26.0 Å². The van der Waals surface area contributed by atoms with E-state index >= 15 is 0 Å². The van der Waals surface area contributed by atoms with E-state index in [2.05, 4.69) is 29.6 Å². The van der Waals surface area contributed by atoms with Crippen LogP contribution in [0.1, 0.15) is 21.5 Å². The van der Waals surface area contributed by atoms with Crippen molar-refractivity contribution in [3.63, 3.8) is 0 Å². The average molecular weight is 327 g/mol. The molecule has 0 aliphatic carbocycles. The molecule has 1 atom stereocenters. The number of hydrogen-bond donors (Lipinski definition) is 2. The van der Waals surface area contributed by atoms with Gasteiger partial charge in [-0.05, 0) is 19.1 Å². The lowest BCUT2D eigenvalue weighted by Crippen LogP contribution is -3.08. The molecule has 2 rings (SSSR count). The molecule has 0 aromatic heterocycles. The van der Waals surface area contributed by atoms with Crippen LogP contribution in [0.3, 0.4) is 0 Å². The van der Waals surface area contributed by atoms with Gasteiger partial charge in [-0.1, -0.05) is 42.0 Å². The maximum absolute atomic E-state index is 12.2. The number of benzene rings is 2. The highest BCUT2D eigenvalue weighted by atomic mass is 16.5. The van der Waals surface area contributed by atoms with Crippen LogP contribution in [0.2, 0.25) is 0 Å². The molecule has 5 nitrogen and oxygen atoms in total. The molecule has 0 aliphatic heterocycles. The minimum absolute atomic E-state index is 0.143. The van der Waals surface area contributed by atoms with Gasteiger partial charge in [0.05, 0.1) is 25.4 Å². The summed E-state index contributed by atoms with van der Waals surface area (Å²) in [5, 5.41) is 2.79. The fraction of sp³-hybridized carbons (Fsp3) is 0.263. The second-order valence-corrected chi connectivity index (χ2v) is 5.88. The molecule has 2 aromatic rings. The Balaban J connectivity index is 1.95. The first-order valence-corrected chi connectivity index (χ1v) is 7.83. The van der Waals surface area contributed by atoms with Gasteiger partial charge < -0.3 is 15.0 Å². The zero-order valence-corrected chi connectivity index (χ0v) is 14.3. The second kappa shape index (κ2) is 8.26. The Kier molecular flexibility index (Phi) is 6.09. The Labute approximate surface area is 142 Å². The fourth-order valence-electron chi connectivity index (χ4n) is 2.47. The van der Waals surface area contributed by atoms with E-state index in [-0.39, 0.29) is 5.91 Å². The first-order valence-electron chi connectivity index (χ1n) is 7.83. The largest absolute Gasteiger partial charge is 0.465 e. The number of para-hydroxylation sites is 1. The Hall–Kier alpha value is -2.66. The van der Waals surface area contributed by atoms with E-state index in [1.165, 1.54) is 18.2 Å². The summed E-state index contributed by atoms with van der Waals surface area (Å²) in [4.78, 5) is 25.0. The number of methoxy groups -OCH3 is 1. The fourth-order valence-corrected chi connectivity index (χ4v) is 2.47. The molecule has 0 fully saturated rings. The first kappa shape index (κ1) is 17.7. The lowest BCUT2D eigenvalue weighted by molar-refractivity contribution is -0.885. The number of aryl methyl sites for hydroxylation is 1. The summed E-state index contributed by atoms with van der Waals surface area (Å²) < 4.78 is 4.73. The number of anilines is 1. The highest BCUT2D eigenvalue weighted by Crippen LogP contribution is 2.15. The number of quaternary nitrogens is 1. The van der Waals surface area contributed by atoms with Crippen LogP contribution in [-0.2, 0) is 16.1 Å². The van der Waals surface area contributed by atoms with E-state index in [0.717, 1.165) is 11.4 Å². The van der Waals surface area contributed by atoms with Gasteiger partial charge in [0.2, 0.25) is 0 Å². The van der Waals surface area contributed by atoms with E-state index in [4.69, 9.17) is 4.74 Å². The summed E-state index contributed by atoms with van der Waals surface area (Å²) in [6.07, 6.45) is 0. The van der Waals surface area contributed by atoms with Crippen LogP contribution in [0, 0.1) is 6.92 Å². The maximum Gasteiger partial charge on any atom is 0.339 e. The van der Waals surface area contributed by atoms with Crippen LogP contribution in [0.15, 0.2) is 48.5 Å². The van der Waals surface area contributed by atoms with Gasteiger partial charge in [-0.15, -0.1) is 0 Å². The molecular weight excluding hydrogens is 304 g/mol. The molecule has 0 spiro atoms. The SMILES string of the molecule is COC(=O)c1ccccc1NC(=O)C[NH+](C)Cc1ccc(C)cc1. The zero-order valence-electron chi connectivity index (χ0n) is 14.3. The predicted molar refractivity (Wildman–Crippen MR) is 93.0 cm³/mol. The van der Waals surface area contributed by atoms with Crippen LogP contribution in [0.4, 0.5) is 5.69 Å². The number of esters is 1. The molecule has 0 saturated carbocycles. The van der Waals surface area contributed by atoms with Crippen LogP contribution in [0.25, 0.3) is 0 Å². The molecule has 0 radical (unpaired) electrons. The van der Waals surface area contributed by atoms with E-state index in [9.17, 15) is 9.59 Å². The van der Waals surface area contributed by atoms with Gasteiger partial charge in [0.25, 0.3) is 5.91 Å². The third-order valence-electron chi connectivity index (χ3n) is 3.70. The van der Waals surface area contributed by atoms with E-state index < -0.39 is 5.97 Å². The van der Waals surface area contributed by atoms with Gasteiger partial charge in [0.15, 0.2) is 6.54 Å². The highest BCUT2D eigenvalue weighted by Gasteiger charge is 2.15. The highest BCUT2D eigenvalue weighted by molar-refractivity contribution is 6.01. The number of amides is 1. The smallest absolute Gasteiger partial charge is 0.339 e. The Morgan fingerprint density at radius 1 is 1.08 bits per heavy atom. The minimum atomic E-state index is -0.466. The molecule has 24 heavy (non-hydrogen) atoms. The first-order chi connectivity index (χ1) is 11.5. The Morgan fingerprint density at radius 3 is 2.42 bits per heavy atom. The van der Waals surface area contributed by atoms with E-state index in [0.29, 0.717) is 17.8 Å². The van der Waals surface area contributed by atoms with Crippen LogP contribution < -0.4 is 10.2 Å². The van der Waals surface area contributed by atoms with Crippen LogP contribution in [-0.4, -0.2) is 32.6 Å². The van der Waals surface area contributed by atoms with Crippen molar-refractivity contribution >= 4 is 17.6 Å². The van der Waals surface area contributed by atoms with Crippen LogP contribution >= 0.6 is 0 Å². The summed E-state index contributed by atoms with van der Waals surface area (Å²) in [5.41, 5.74) is 3.22. The summed E-state index contributed by atoms with van der Waals surface area (Å²) in [5.74, 6) is -0.609. The molecule has 2 aromatic carbocycles. The second-order valence-electron chi connectivity index (χ2n) is 5.88. The zero-order chi connectivity index (χ0) is 17.5. The number of ether oxygens (including phenoxy) is 1. The van der Waals surface area contributed by atoms with E-state index in [1.807, 2.05) is 14.0 Å². The summed E-state index contributed by atoms with van der Waals surface area (Å²) >= 11 is 0. The van der Waals surface area contributed by atoms with Gasteiger partial charge in [0.1, 0.15) is 6.54 Å². The van der Waals surface area contributed by atoms with Crippen molar-refractivity contribution in [3.8, 4) is 0 Å².